The van der Waals surface area contributed by atoms with Crippen LogP contribution in [0.3, 0.4) is 0 Å². The molecule has 0 radical (unpaired) electrons. The molecular weight excluding hydrogens is 352 g/mol. The fraction of sp³-hybridized carbons (Fsp3) is 0.318. The second kappa shape index (κ2) is 7.94. The first kappa shape index (κ1) is 18.4. The van der Waals surface area contributed by atoms with Crippen molar-refractivity contribution in [3.05, 3.63) is 59.7 Å². The summed E-state index contributed by atoms with van der Waals surface area (Å²) in [7, 11) is 2.10. The Morgan fingerprint density at radius 3 is 2.43 bits per heavy atom. The van der Waals surface area contributed by atoms with Crippen LogP contribution in [0.15, 0.2) is 52.9 Å². The van der Waals surface area contributed by atoms with Gasteiger partial charge >= 0.3 is 0 Å². The predicted molar refractivity (Wildman–Crippen MR) is 108 cm³/mol. The number of benzene rings is 2. The van der Waals surface area contributed by atoms with E-state index in [0.29, 0.717) is 17.3 Å². The van der Waals surface area contributed by atoms with Gasteiger partial charge in [-0.15, -0.1) is 10.2 Å². The van der Waals surface area contributed by atoms with Gasteiger partial charge in [0.25, 0.3) is 5.91 Å². The molecule has 1 amide bonds. The standard InChI is InChI=1S/C22H24N4O2/c1-16-5-3-6-19(15-16)21-24-23-20(28-21)17-7-9-18(10-8-17)22(27)26-12-4-11-25(2)13-14-26/h3,5-10,15H,4,11-14H2,1-2H3. The molecule has 2 aromatic carbocycles. The van der Waals surface area contributed by atoms with Crippen molar-refractivity contribution < 1.29 is 9.21 Å². The number of carbonyl (C=O) groups excluding carboxylic acids is 1. The van der Waals surface area contributed by atoms with E-state index in [-0.39, 0.29) is 5.91 Å². The van der Waals surface area contributed by atoms with E-state index in [1.807, 2.05) is 60.4 Å². The van der Waals surface area contributed by atoms with Crippen LogP contribution in [0.1, 0.15) is 22.3 Å². The summed E-state index contributed by atoms with van der Waals surface area (Å²) in [6.07, 6.45) is 1.00. The number of hydrogen-bond acceptors (Lipinski definition) is 5. The first-order chi connectivity index (χ1) is 13.6. The average Bonchev–Trinajstić information content (AvgIpc) is 3.10. The molecule has 1 aliphatic heterocycles. The highest BCUT2D eigenvalue weighted by atomic mass is 16.4. The van der Waals surface area contributed by atoms with Gasteiger partial charge in [-0.25, -0.2) is 0 Å². The molecule has 6 nitrogen and oxygen atoms in total. The number of aryl methyl sites for hydroxylation is 1. The zero-order chi connectivity index (χ0) is 19.5. The quantitative estimate of drug-likeness (QED) is 0.700. The van der Waals surface area contributed by atoms with Crippen LogP contribution in [0.2, 0.25) is 0 Å². The number of aromatic nitrogens is 2. The SMILES string of the molecule is Cc1cccc(-c2nnc(-c3ccc(C(=O)N4CCCN(C)CC4)cc3)o2)c1. The van der Waals surface area contributed by atoms with Crippen LogP contribution in [-0.4, -0.2) is 59.1 Å². The Hall–Kier alpha value is -2.99. The number of amides is 1. The summed E-state index contributed by atoms with van der Waals surface area (Å²) in [5.74, 6) is 1.02. The number of carbonyl (C=O) groups is 1. The van der Waals surface area contributed by atoms with E-state index in [1.165, 1.54) is 0 Å². The molecule has 1 aromatic heterocycles. The molecule has 0 saturated carbocycles. The van der Waals surface area contributed by atoms with E-state index in [4.69, 9.17) is 4.42 Å². The Labute approximate surface area is 164 Å². The minimum absolute atomic E-state index is 0.0767. The lowest BCUT2D eigenvalue weighted by atomic mass is 10.1. The van der Waals surface area contributed by atoms with Gasteiger partial charge in [-0.1, -0.05) is 17.7 Å². The maximum atomic E-state index is 12.8. The lowest BCUT2D eigenvalue weighted by molar-refractivity contribution is 0.0763. The summed E-state index contributed by atoms with van der Waals surface area (Å²) in [5, 5.41) is 8.32. The third-order valence-corrected chi connectivity index (χ3v) is 5.08. The lowest BCUT2D eigenvalue weighted by Crippen LogP contribution is -2.34. The Morgan fingerprint density at radius 1 is 0.929 bits per heavy atom. The van der Waals surface area contributed by atoms with Gasteiger partial charge in [0.1, 0.15) is 0 Å². The highest BCUT2D eigenvalue weighted by Crippen LogP contribution is 2.25. The van der Waals surface area contributed by atoms with Crippen LogP contribution in [0.5, 0.6) is 0 Å². The molecule has 144 valence electrons. The zero-order valence-electron chi connectivity index (χ0n) is 16.3. The van der Waals surface area contributed by atoms with E-state index in [2.05, 4.69) is 22.1 Å². The van der Waals surface area contributed by atoms with E-state index < -0.39 is 0 Å². The van der Waals surface area contributed by atoms with Gasteiger partial charge in [-0.05, 0) is 63.3 Å². The lowest BCUT2D eigenvalue weighted by Gasteiger charge is -2.20. The minimum Gasteiger partial charge on any atom is -0.416 e. The summed E-state index contributed by atoms with van der Waals surface area (Å²) in [5.41, 5.74) is 3.53. The smallest absolute Gasteiger partial charge is 0.253 e. The van der Waals surface area contributed by atoms with Gasteiger partial charge < -0.3 is 14.2 Å². The van der Waals surface area contributed by atoms with Gasteiger partial charge in [-0.2, -0.15) is 0 Å². The molecule has 1 saturated heterocycles. The molecule has 6 heteroatoms. The molecule has 1 fully saturated rings. The Balaban J connectivity index is 1.50. The molecule has 0 N–H and O–H groups in total. The zero-order valence-corrected chi connectivity index (χ0v) is 16.3. The Kier molecular flexibility index (Phi) is 5.21. The second-order valence-corrected chi connectivity index (χ2v) is 7.31. The first-order valence-electron chi connectivity index (χ1n) is 9.59. The Morgan fingerprint density at radius 2 is 1.68 bits per heavy atom. The molecular formula is C22H24N4O2. The summed E-state index contributed by atoms with van der Waals surface area (Å²) in [4.78, 5) is 17.0. The highest BCUT2D eigenvalue weighted by molar-refractivity contribution is 5.94. The van der Waals surface area contributed by atoms with Gasteiger partial charge in [0.05, 0.1) is 0 Å². The molecule has 2 heterocycles. The number of nitrogens with zero attached hydrogens (tertiary/aromatic N) is 4. The monoisotopic (exact) mass is 376 g/mol. The molecule has 0 bridgehead atoms. The largest absolute Gasteiger partial charge is 0.416 e. The van der Waals surface area contributed by atoms with E-state index in [0.717, 1.165) is 49.3 Å². The van der Waals surface area contributed by atoms with Gasteiger partial charge in [0.2, 0.25) is 11.8 Å². The van der Waals surface area contributed by atoms with Gasteiger partial charge in [-0.3, -0.25) is 4.79 Å². The maximum Gasteiger partial charge on any atom is 0.253 e. The molecule has 3 aromatic rings. The predicted octanol–water partition coefficient (Wildman–Crippen LogP) is 3.49. The summed E-state index contributed by atoms with van der Waals surface area (Å²) in [6, 6.07) is 15.4. The third kappa shape index (κ3) is 3.97. The van der Waals surface area contributed by atoms with Crippen molar-refractivity contribution in [3.8, 4) is 22.9 Å². The van der Waals surface area contributed by atoms with Crippen LogP contribution in [0.25, 0.3) is 22.9 Å². The van der Waals surface area contributed by atoms with Crippen molar-refractivity contribution in [1.29, 1.82) is 0 Å². The van der Waals surface area contributed by atoms with Crippen LogP contribution < -0.4 is 0 Å². The normalized spacial score (nSPS) is 15.4. The van der Waals surface area contributed by atoms with Crippen LogP contribution in [-0.2, 0) is 0 Å². The summed E-state index contributed by atoms with van der Waals surface area (Å²) >= 11 is 0. The number of likely N-dealkylation sites (N-methyl/N-ethyl adjacent to an activating group) is 1. The highest BCUT2D eigenvalue weighted by Gasteiger charge is 2.19. The van der Waals surface area contributed by atoms with Crippen molar-refractivity contribution in [3.63, 3.8) is 0 Å². The molecule has 0 unspecified atom stereocenters. The van der Waals surface area contributed by atoms with E-state index >= 15 is 0 Å². The van der Waals surface area contributed by atoms with Crippen molar-refractivity contribution in [2.75, 3.05) is 33.2 Å². The van der Waals surface area contributed by atoms with E-state index in [1.54, 1.807) is 0 Å². The Bertz CT molecular complexity index is 965. The molecule has 28 heavy (non-hydrogen) atoms. The van der Waals surface area contributed by atoms with Crippen molar-refractivity contribution in [1.82, 2.24) is 20.0 Å². The third-order valence-electron chi connectivity index (χ3n) is 5.08. The maximum absolute atomic E-state index is 12.8. The first-order valence-corrected chi connectivity index (χ1v) is 9.59. The van der Waals surface area contributed by atoms with Crippen molar-refractivity contribution in [2.24, 2.45) is 0 Å². The van der Waals surface area contributed by atoms with Crippen molar-refractivity contribution in [2.45, 2.75) is 13.3 Å². The second-order valence-electron chi connectivity index (χ2n) is 7.31. The fourth-order valence-electron chi connectivity index (χ4n) is 3.42. The summed E-state index contributed by atoms with van der Waals surface area (Å²) in [6.45, 7) is 5.53. The van der Waals surface area contributed by atoms with E-state index in [9.17, 15) is 4.79 Å². The van der Waals surface area contributed by atoms with Crippen molar-refractivity contribution >= 4 is 5.91 Å². The number of rotatable bonds is 3. The number of hydrogen-bond donors (Lipinski definition) is 0. The van der Waals surface area contributed by atoms with Crippen LogP contribution in [0, 0.1) is 6.92 Å². The van der Waals surface area contributed by atoms with Crippen LogP contribution >= 0.6 is 0 Å². The van der Waals surface area contributed by atoms with Gasteiger partial charge in [0.15, 0.2) is 0 Å². The molecule has 1 aliphatic rings. The molecule has 0 atom stereocenters. The average molecular weight is 376 g/mol. The molecule has 4 rings (SSSR count). The minimum atomic E-state index is 0.0767. The fourth-order valence-corrected chi connectivity index (χ4v) is 3.42. The van der Waals surface area contributed by atoms with Crippen LogP contribution in [0.4, 0.5) is 0 Å². The topological polar surface area (TPSA) is 62.5 Å². The van der Waals surface area contributed by atoms with Gasteiger partial charge in [0, 0.05) is 36.3 Å². The molecule has 0 aliphatic carbocycles. The summed E-state index contributed by atoms with van der Waals surface area (Å²) < 4.78 is 5.83. The molecule has 0 spiro atoms.